The van der Waals surface area contributed by atoms with Crippen molar-refractivity contribution in [2.75, 3.05) is 0 Å². The van der Waals surface area contributed by atoms with Gasteiger partial charge in [0.05, 0.1) is 0 Å². The molecule has 0 saturated heterocycles. The fourth-order valence-corrected chi connectivity index (χ4v) is 3.21. The van der Waals surface area contributed by atoms with Crippen molar-refractivity contribution in [1.29, 1.82) is 0 Å². The molecular formula is C11H9Cl2N3O3S. The number of aromatic nitrogens is 2. The lowest BCUT2D eigenvalue weighted by molar-refractivity contribution is 0.460. The van der Waals surface area contributed by atoms with Crippen LogP contribution in [-0.4, -0.2) is 23.7 Å². The van der Waals surface area contributed by atoms with E-state index in [9.17, 15) is 13.5 Å². The van der Waals surface area contributed by atoms with Crippen LogP contribution in [0.4, 0.5) is 0 Å². The number of halogens is 2. The first-order valence-electron chi connectivity index (χ1n) is 5.29. The fraction of sp³-hybridized carbons (Fsp3) is 0.0909. The zero-order chi connectivity index (χ0) is 14.9. The smallest absolute Gasteiger partial charge is 0.222 e. The maximum atomic E-state index is 11.8. The molecule has 0 spiro atoms. The number of benzene rings is 1. The molecule has 1 heterocycles. The topological polar surface area (TPSA) is 106 Å². The minimum Gasteiger partial charge on any atom is -0.506 e. The number of aromatic hydroxyl groups is 1. The summed E-state index contributed by atoms with van der Waals surface area (Å²) in [7, 11) is -4.12. The Kier molecular flexibility index (Phi) is 4.14. The number of sulfonamides is 1. The number of nitrogens with two attached hydrogens (primary N) is 1. The van der Waals surface area contributed by atoms with Crippen molar-refractivity contribution >= 4 is 33.2 Å². The van der Waals surface area contributed by atoms with Crippen molar-refractivity contribution in [3.05, 3.63) is 51.8 Å². The predicted molar refractivity (Wildman–Crippen MR) is 75.1 cm³/mol. The summed E-state index contributed by atoms with van der Waals surface area (Å²) in [5, 5.41) is 20.9. The van der Waals surface area contributed by atoms with Gasteiger partial charge in [-0.3, -0.25) is 0 Å². The average molecular weight is 334 g/mol. The quantitative estimate of drug-likeness (QED) is 0.891. The lowest BCUT2D eigenvalue weighted by Gasteiger charge is -2.16. The third-order valence-electron chi connectivity index (χ3n) is 2.54. The summed E-state index contributed by atoms with van der Waals surface area (Å²) in [6.07, 6.45) is 0. The Balaban J connectivity index is 2.70. The Labute approximate surface area is 125 Å². The van der Waals surface area contributed by atoms with Crippen LogP contribution in [0.15, 0.2) is 30.3 Å². The highest BCUT2D eigenvalue weighted by Crippen LogP contribution is 2.36. The Morgan fingerprint density at radius 1 is 1.20 bits per heavy atom. The first-order valence-corrected chi connectivity index (χ1v) is 7.65. The second-order valence-electron chi connectivity index (χ2n) is 3.93. The molecular weight excluding hydrogens is 325 g/mol. The summed E-state index contributed by atoms with van der Waals surface area (Å²) in [4.78, 5) is 0. The van der Waals surface area contributed by atoms with Gasteiger partial charge in [0.2, 0.25) is 10.0 Å². The van der Waals surface area contributed by atoms with Crippen molar-refractivity contribution in [3.63, 3.8) is 0 Å². The summed E-state index contributed by atoms with van der Waals surface area (Å²) < 4.78 is 23.7. The molecule has 0 saturated carbocycles. The van der Waals surface area contributed by atoms with E-state index in [2.05, 4.69) is 10.2 Å². The van der Waals surface area contributed by atoms with Crippen molar-refractivity contribution < 1.29 is 13.5 Å². The monoisotopic (exact) mass is 333 g/mol. The number of hydrogen-bond donors (Lipinski definition) is 2. The highest BCUT2D eigenvalue weighted by molar-refractivity contribution is 7.89. The highest BCUT2D eigenvalue weighted by Gasteiger charge is 2.32. The lowest BCUT2D eigenvalue weighted by atomic mass is 10.1. The summed E-state index contributed by atoms with van der Waals surface area (Å²) in [5.74, 6) is -0.427. The predicted octanol–water partition coefficient (Wildman–Crippen LogP) is 1.87. The third-order valence-corrected chi connectivity index (χ3v) is 4.20. The lowest BCUT2D eigenvalue weighted by Crippen LogP contribution is -2.24. The van der Waals surface area contributed by atoms with Crippen molar-refractivity contribution in [2.24, 2.45) is 5.14 Å². The first kappa shape index (κ1) is 15.0. The SMILES string of the molecule is NS(=O)(=O)C(c1ccccc1Cl)c1nnc(Cl)cc1O. The Morgan fingerprint density at radius 3 is 2.40 bits per heavy atom. The molecule has 0 bridgehead atoms. The van der Waals surface area contributed by atoms with E-state index in [4.69, 9.17) is 28.3 Å². The molecule has 0 aliphatic carbocycles. The van der Waals surface area contributed by atoms with Gasteiger partial charge >= 0.3 is 0 Å². The minimum absolute atomic E-state index is 0.0708. The molecule has 9 heteroatoms. The van der Waals surface area contributed by atoms with Crippen molar-refractivity contribution in [2.45, 2.75) is 5.25 Å². The standard InChI is InChI=1S/C11H9Cl2N3O3S/c12-7-4-2-1-3-6(7)11(20(14,18)19)10-8(17)5-9(13)15-16-10/h1-5,11H,(H,15,17)(H2,14,18,19). The van der Waals surface area contributed by atoms with Crippen LogP contribution in [0.5, 0.6) is 5.75 Å². The molecule has 1 aromatic heterocycles. The number of primary sulfonamides is 1. The fourth-order valence-electron chi connectivity index (χ4n) is 1.72. The van der Waals surface area contributed by atoms with E-state index in [1.807, 2.05) is 0 Å². The molecule has 0 radical (unpaired) electrons. The summed E-state index contributed by atoms with van der Waals surface area (Å²) >= 11 is 11.6. The second-order valence-corrected chi connectivity index (χ2v) is 6.37. The van der Waals surface area contributed by atoms with Gasteiger partial charge in [-0.25, -0.2) is 13.6 Å². The van der Waals surface area contributed by atoms with Crippen LogP contribution < -0.4 is 5.14 Å². The minimum atomic E-state index is -4.12. The van der Waals surface area contributed by atoms with E-state index in [1.165, 1.54) is 12.1 Å². The number of nitrogens with zero attached hydrogens (tertiary/aromatic N) is 2. The molecule has 2 aromatic rings. The molecule has 2 rings (SSSR count). The van der Waals surface area contributed by atoms with Gasteiger partial charge in [-0.05, 0) is 11.6 Å². The van der Waals surface area contributed by atoms with Gasteiger partial charge < -0.3 is 5.11 Å². The van der Waals surface area contributed by atoms with E-state index in [0.717, 1.165) is 6.07 Å². The normalized spacial score (nSPS) is 13.2. The van der Waals surface area contributed by atoms with Crippen LogP contribution in [0.2, 0.25) is 10.2 Å². The van der Waals surface area contributed by atoms with E-state index in [0.29, 0.717) is 0 Å². The van der Waals surface area contributed by atoms with Crippen molar-refractivity contribution in [1.82, 2.24) is 10.2 Å². The molecule has 6 nitrogen and oxygen atoms in total. The molecule has 20 heavy (non-hydrogen) atoms. The molecule has 0 aliphatic rings. The van der Waals surface area contributed by atoms with Gasteiger partial charge in [-0.2, -0.15) is 0 Å². The largest absolute Gasteiger partial charge is 0.506 e. The average Bonchev–Trinajstić information content (AvgIpc) is 2.33. The maximum absolute atomic E-state index is 11.8. The molecule has 1 unspecified atom stereocenters. The molecule has 3 N–H and O–H groups in total. The van der Waals surface area contributed by atoms with Crippen LogP contribution in [0.3, 0.4) is 0 Å². The van der Waals surface area contributed by atoms with Gasteiger partial charge in [-0.15, -0.1) is 10.2 Å². The Hall–Kier alpha value is -1.41. The zero-order valence-corrected chi connectivity index (χ0v) is 12.2. The van der Waals surface area contributed by atoms with Gasteiger partial charge in [0.15, 0.2) is 5.15 Å². The van der Waals surface area contributed by atoms with Gasteiger partial charge in [0.25, 0.3) is 0 Å². The maximum Gasteiger partial charge on any atom is 0.222 e. The number of hydrogen-bond acceptors (Lipinski definition) is 5. The first-order chi connectivity index (χ1) is 9.30. The summed E-state index contributed by atoms with van der Waals surface area (Å²) in [5.41, 5.74) is -0.0337. The van der Waals surface area contributed by atoms with Crippen LogP contribution in [0, 0.1) is 0 Å². The summed E-state index contributed by atoms with van der Waals surface area (Å²) in [6, 6.07) is 7.31. The van der Waals surface area contributed by atoms with E-state index < -0.39 is 21.0 Å². The second kappa shape index (κ2) is 5.53. The highest BCUT2D eigenvalue weighted by atomic mass is 35.5. The summed E-state index contributed by atoms with van der Waals surface area (Å²) in [6.45, 7) is 0. The van der Waals surface area contributed by atoms with Gasteiger partial charge in [-0.1, -0.05) is 41.4 Å². The third kappa shape index (κ3) is 3.01. The van der Waals surface area contributed by atoms with Crippen LogP contribution >= 0.6 is 23.2 Å². The number of rotatable bonds is 3. The zero-order valence-electron chi connectivity index (χ0n) is 9.86. The molecule has 106 valence electrons. The Morgan fingerprint density at radius 2 is 1.85 bits per heavy atom. The van der Waals surface area contributed by atoms with Crippen LogP contribution in [0.1, 0.15) is 16.5 Å². The van der Waals surface area contributed by atoms with Gasteiger partial charge in [0, 0.05) is 11.1 Å². The molecule has 1 aromatic carbocycles. The van der Waals surface area contributed by atoms with Crippen LogP contribution in [-0.2, 0) is 10.0 Å². The van der Waals surface area contributed by atoms with Crippen LogP contribution in [0.25, 0.3) is 0 Å². The molecule has 1 atom stereocenters. The van der Waals surface area contributed by atoms with Gasteiger partial charge in [0.1, 0.15) is 16.7 Å². The van der Waals surface area contributed by atoms with E-state index in [-0.39, 0.29) is 21.4 Å². The molecule has 0 aliphatic heterocycles. The Bertz CT molecular complexity index is 752. The van der Waals surface area contributed by atoms with E-state index in [1.54, 1.807) is 12.1 Å². The molecule has 0 amide bonds. The van der Waals surface area contributed by atoms with E-state index >= 15 is 0 Å². The van der Waals surface area contributed by atoms with Crippen molar-refractivity contribution in [3.8, 4) is 5.75 Å². The molecule has 0 fully saturated rings.